The van der Waals surface area contributed by atoms with Crippen LogP contribution in [0.2, 0.25) is 0 Å². The molecule has 0 fully saturated rings. The van der Waals surface area contributed by atoms with Crippen molar-refractivity contribution in [1.82, 2.24) is 5.32 Å². The van der Waals surface area contributed by atoms with E-state index in [-0.39, 0.29) is 11.8 Å². The first-order chi connectivity index (χ1) is 13.5. The number of amides is 2. The molecular formula is C22H37N3O3. The molecule has 0 aliphatic rings. The highest BCUT2D eigenvalue weighted by Gasteiger charge is 2.14. The first-order valence-corrected chi connectivity index (χ1v) is 10.6. The molecule has 6 nitrogen and oxygen atoms in total. The predicted octanol–water partition coefficient (Wildman–Crippen LogP) is 3.42. The van der Waals surface area contributed by atoms with E-state index in [2.05, 4.69) is 12.2 Å². The minimum absolute atomic E-state index is 0.317. The van der Waals surface area contributed by atoms with Gasteiger partial charge >= 0.3 is 0 Å². The zero-order valence-corrected chi connectivity index (χ0v) is 17.3. The molecule has 1 aromatic carbocycles. The summed E-state index contributed by atoms with van der Waals surface area (Å²) in [4.78, 5) is 22.3. The van der Waals surface area contributed by atoms with E-state index in [1.165, 1.54) is 32.1 Å². The van der Waals surface area contributed by atoms with Crippen LogP contribution in [0, 0.1) is 0 Å². The Morgan fingerprint density at radius 3 is 2.29 bits per heavy atom. The van der Waals surface area contributed by atoms with Gasteiger partial charge in [0.25, 0.3) is 0 Å². The smallest absolute Gasteiger partial charge is 0.234 e. The van der Waals surface area contributed by atoms with E-state index >= 15 is 0 Å². The average molecular weight is 392 g/mol. The number of benzene rings is 1. The quantitative estimate of drug-likeness (QED) is 0.354. The fraction of sp³-hybridized carbons (Fsp3) is 0.636. The zero-order chi connectivity index (χ0) is 20.6. The minimum atomic E-state index is -0.406. The van der Waals surface area contributed by atoms with E-state index in [1.807, 2.05) is 24.3 Å². The summed E-state index contributed by atoms with van der Waals surface area (Å²) in [6.45, 7) is 3.53. The lowest BCUT2D eigenvalue weighted by Crippen LogP contribution is -2.40. The second-order valence-corrected chi connectivity index (χ2v) is 7.31. The lowest BCUT2D eigenvalue weighted by Gasteiger charge is -2.15. The predicted molar refractivity (Wildman–Crippen MR) is 113 cm³/mol. The van der Waals surface area contributed by atoms with Gasteiger partial charge in [-0.25, -0.2) is 0 Å². The van der Waals surface area contributed by atoms with E-state index in [0.717, 1.165) is 30.8 Å². The summed E-state index contributed by atoms with van der Waals surface area (Å²) < 4.78 is 5.78. The van der Waals surface area contributed by atoms with Gasteiger partial charge in [-0.2, -0.15) is 0 Å². The molecule has 1 atom stereocenters. The van der Waals surface area contributed by atoms with Crippen molar-refractivity contribution in [2.75, 3.05) is 6.61 Å². The third-order valence-electron chi connectivity index (χ3n) is 4.75. The monoisotopic (exact) mass is 391 g/mol. The summed E-state index contributed by atoms with van der Waals surface area (Å²) in [6.07, 6.45) is 9.83. The SMILES string of the molecule is CCCCCCCCOc1ccc(CNC(CCCCC(N)=O)C(N)=O)cc1. The lowest BCUT2D eigenvalue weighted by atomic mass is 10.1. The van der Waals surface area contributed by atoms with Crippen LogP contribution in [-0.4, -0.2) is 24.5 Å². The van der Waals surface area contributed by atoms with Gasteiger partial charge in [-0.3, -0.25) is 9.59 Å². The first kappa shape index (κ1) is 24.0. The number of primary amides is 2. The van der Waals surface area contributed by atoms with Crippen molar-refractivity contribution in [3.8, 4) is 5.75 Å². The summed E-state index contributed by atoms with van der Waals surface area (Å²) >= 11 is 0. The van der Waals surface area contributed by atoms with Crippen LogP contribution in [0.4, 0.5) is 0 Å². The van der Waals surface area contributed by atoms with Crippen molar-refractivity contribution in [2.24, 2.45) is 11.5 Å². The van der Waals surface area contributed by atoms with Crippen LogP contribution in [0.5, 0.6) is 5.75 Å². The molecule has 28 heavy (non-hydrogen) atoms. The van der Waals surface area contributed by atoms with E-state index in [0.29, 0.717) is 25.8 Å². The molecule has 2 amide bonds. The number of hydrogen-bond donors (Lipinski definition) is 3. The number of nitrogens with one attached hydrogen (secondary N) is 1. The summed E-state index contributed by atoms with van der Waals surface area (Å²) in [6, 6.07) is 7.50. The van der Waals surface area contributed by atoms with Crippen LogP contribution in [0.25, 0.3) is 0 Å². The Labute approximate surface area is 169 Å². The molecule has 0 aliphatic carbocycles. The van der Waals surface area contributed by atoms with Gasteiger partial charge < -0.3 is 21.5 Å². The molecule has 0 aromatic heterocycles. The summed E-state index contributed by atoms with van der Waals surface area (Å²) in [5.74, 6) is 0.176. The molecule has 1 unspecified atom stereocenters. The molecule has 1 rings (SSSR count). The van der Waals surface area contributed by atoms with E-state index in [9.17, 15) is 9.59 Å². The Balaban J connectivity index is 2.26. The number of unbranched alkanes of at least 4 members (excludes halogenated alkanes) is 6. The normalized spacial score (nSPS) is 11.9. The van der Waals surface area contributed by atoms with Gasteiger partial charge in [-0.05, 0) is 37.0 Å². The largest absolute Gasteiger partial charge is 0.494 e. The highest BCUT2D eigenvalue weighted by atomic mass is 16.5. The molecule has 6 heteroatoms. The molecule has 5 N–H and O–H groups in total. The van der Waals surface area contributed by atoms with Crippen LogP contribution in [-0.2, 0) is 16.1 Å². The van der Waals surface area contributed by atoms with Crippen molar-refractivity contribution in [2.45, 2.75) is 83.7 Å². The van der Waals surface area contributed by atoms with Gasteiger partial charge in [-0.1, -0.05) is 57.6 Å². The molecule has 0 saturated carbocycles. The Morgan fingerprint density at radius 2 is 1.64 bits per heavy atom. The number of rotatable bonds is 17. The van der Waals surface area contributed by atoms with Crippen molar-refractivity contribution >= 4 is 11.8 Å². The first-order valence-electron chi connectivity index (χ1n) is 10.6. The van der Waals surface area contributed by atoms with Crippen molar-refractivity contribution in [3.63, 3.8) is 0 Å². The van der Waals surface area contributed by atoms with Gasteiger partial charge in [-0.15, -0.1) is 0 Å². The Bertz CT molecular complexity index is 561. The van der Waals surface area contributed by atoms with Crippen molar-refractivity contribution in [1.29, 1.82) is 0 Å². The lowest BCUT2D eigenvalue weighted by molar-refractivity contribution is -0.120. The van der Waals surface area contributed by atoms with Crippen molar-refractivity contribution < 1.29 is 14.3 Å². The average Bonchev–Trinajstić information content (AvgIpc) is 2.67. The van der Waals surface area contributed by atoms with Crippen molar-refractivity contribution in [3.05, 3.63) is 29.8 Å². The molecule has 0 bridgehead atoms. The number of hydrogen-bond acceptors (Lipinski definition) is 4. The van der Waals surface area contributed by atoms with Gasteiger partial charge in [0.05, 0.1) is 12.6 Å². The maximum absolute atomic E-state index is 11.6. The number of carbonyl (C=O) groups is 2. The molecule has 0 aliphatic heterocycles. The third kappa shape index (κ3) is 11.6. The van der Waals surface area contributed by atoms with Gasteiger partial charge in [0.1, 0.15) is 5.75 Å². The highest BCUT2D eigenvalue weighted by Crippen LogP contribution is 2.14. The maximum Gasteiger partial charge on any atom is 0.234 e. The van der Waals surface area contributed by atoms with Gasteiger partial charge in [0, 0.05) is 13.0 Å². The topological polar surface area (TPSA) is 107 Å². The molecule has 1 aromatic rings. The van der Waals surface area contributed by atoms with Crippen LogP contribution >= 0.6 is 0 Å². The third-order valence-corrected chi connectivity index (χ3v) is 4.75. The van der Waals surface area contributed by atoms with E-state index in [1.54, 1.807) is 0 Å². The van der Waals surface area contributed by atoms with Crippen LogP contribution in [0.15, 0.2) is 24.3 Å². The Hall–Kier alpha value is -2.08. The van der Waals surface area contributed by atoms with E-state index < -0.39 is 6.04 Å². The standard InChI is InChI=1S/C22H37N3O3/c1-2-3-4-5-6-9-16-28-19-14-12-18(13-15-19)17-25-20(22(24)27)10-7-8-11-21(23)26/h12-15,20,25H,2-11,16-17H2,1H3,(H2,23,26)(H2,24,27). The Kier molecular flexibility index (Phi) is 12.8. The zero-order valence-electron chi connectivity index (χ0n) is 17.3. The van der Waals surface area contributed by atoms with Crippen LogP contribution < -0.4 is 21.5 Å². The maximum atomic E-state index is 11.6. The molecule has 0 radical (unpaired) electrons. The molecular weight excluding hydrogens is 354 g/mol. The molecule has 0 saturated heterocycles. The van der Waals surface area contributed by atoms with Gasteiger partial charge in [0.15, 0.2) is 0 Å². The molecule has 0 spiro atoms. The molecule has 158 valence electrons. The fourth-order valence-electron chi connectivity index (χ4n) is 3.01. The number of carbonyl (C=O) groups excluding carboxylic acids is 2. The van der Waals surface area contributed by atoms with Crippen LogP contribution in [0.3, 0.4) is 0 Å². The summed E-state index contributed by atoms with van der Waals surface area (Å²) in [5, 5.41) is 3.19. The Morgan fingerprint density at radius 1 is 0.964 bits per heavy atom. The second-order valence-electron chi connectivity index (χ2n) is 7.31. The second kappa shape index (κ2) is 14.9. The summed E-state index contributed by atoms with van der Waals surface area (Å²) in [7, 11) is 0. The summed E-state index contributed by atoms with van der Waals surface area (Å²) in [5.41, 5.74) is 11.6. The molecule has 0 heterocycles. The fourth-order valence-corrected chi connectivity index (χ4v) is 3.01. The number of nitrogens with two attached hydrogens (primary N) is 2. The van der Waals surface area contributed by atoms with E-state index in [4.69, 9.17) is 16.2 Å². The van der Waals surface area contributed by atoms with Crippen LogP contribution in [0.1, 0.15) is 76.7 Å². The minimum Gasteiger partial charge on any atom is -0.494 e. The number of ether oxygens (including phenoxy) is 1. The van der Waals surface area contributed by atoms with Gasteiger partial charge in [0.2, 0.25) is 11.8 Å². The highest BCUT2D eigenvalue weighted by molar-refractivity contribution is 5.79.